The highest BCUT2D eigenvalue weighted by molar-refractivity contribution is 5.53. The van der Waals surface area contributed by atoms with Gasteiger partial charge in [0.1, 0.15) is 11.8 Å². The summed E-state index contributed by atoms with van der Waals surface area (Å²) < 4.78 is 21.7. The van der Waals surface area contributed by atoms with Gasteiger partial charge in [0.15, 0.2) is 11.6 Å². The van der Waals surface area contributed by atoms with Gasteiger partial charge in [0.2, 0.25) is 5.95 Å². The number of nitrogens with zero attached hydrogens (tertiary/aromatic N) is 6. The Hall–Kier alpha value is -2.53. The van der Waals surface area contributed by atoms with E-state index < -0.39 is 6.10 Å². The van der Waals surface area contributed by atoms with Crippen molar-refractivity contribution in [2.45, 2.75) is 12.6 Å². The largest absolute Gasteiger partial charge is 0.369 e. The molecule has 1 unspecified atom stereocenters. The lowest BCUT2D eigenvalue weighted by molar-refractivity contribution is 0.0226. The molecule has 34 heavy (non-hydrogen) atoms. The molecular weight excluding hydrogens is 435 g/mol. The summed E-state index contributed by atoms with van der Waals surface area (Å²) in [4.78, 5) is 18.3. The zero-order valence-corrected chi connectivity index (χ0v) is 19.9. The molecule has 1 aromatic heterocycles. The minimum absolute atomic E-state index is 0.354. The monoisotopic (exact) mass is 470 g/mol. The number of aromatic nitrogens is 2. The second kappa shape index (κ2) is 10.4. The Morgan fingerprint density at radius 1 is 0.971 bits per heavy atom. The van der Waals surface area contributed by atoms with Gasteiger partial charge in [0, 0.05) is 77.7 Å². The number of piperazine rings is 2. The van der Waals surface area contributed by atoms with Crippen molar-refractivity contribution >= 4 is 17.5 Å². The second-order valence-corrected chi connectivity index (χ2v) is 9.24. The van der Waals surface area contributed by atoms with Crippen molar-refractivity contribution < 1.29 is 9.13 Å². The van der Waals surface area contributed by atoms with Crippen molar-refractivity contribution in [3.05, 3.63) is 41.3 Å². The highest BCUT2D eigenvalue weighted by Gasteiger charge is 2.30. The quantitative estimate of drug-likeness (QED) is 0.659. The van der Waals surface area contributed by atoms with Crippen LogP contribution in [0.15, 0.2) is 24.3 Å². The molecule has 0 aliphatic carbocycles. The average molecular weight is 471 g/mol. The number of hydrogen-bond acceptors (Lipinski definition) is 9. The molecule has 0 saturated carbocycles. The van der Waals surface area contributed by atoms with Gasteiger partial charge in [-0.2, -0.15) is 4.98 Å². The van der Waals surface area contributed by atoms with Gasteiger partial charge in [0.05, 0.1) is 6.61 Å². The average Bonchev–Trinajstić information content (AvgIpc) is 2.90. The minimum atomic E-state index is -0.399. The minimum Gasteiger partial charge on any atom is -0.369 e. The van der Waals surface area contributed by atoms with Gasteiger partial charge in [-0.25, -0.2) is 9.37 Å². The molecule has 0 radical (unpaired) electrons. The predicted octanol–water partition coefficient (Wildman–Crippen LogP) is 0.814. The summed E-state index contributed by atoms with van der Waals surface area (Å²) in [6.07, 6.45) is -0.399. The van der Waals surface area contributed by atoms with E-state index >= 15 is 4.39 Å². The molecule has 0 spiro atoms. The van der Waals surface area contributed by atoms with Crippen LogP contribution in [0, 0.1) is 5.82 Å². The molecule has 3 N–H and O–H groups in total. The zero-order valence-electron chi connectivity index (χ0n) is 19.9. The fraction of sp³-hybridized carbons (Fsp3) is 0.583. The van der Waals surface area contributed by atoms with Crippen molar-refractivity contribution in [1.82, 2.24) is 20.2 Å². The third-order valence-electron chi connectivity index (χ3n) is 6.98. The van der Waals surface area contributed by atoms with Gasteiger partial charge in [0.25, 0.3) is 0 Å². The van der Waals surface area contributed by atoms with Gasteiger partial charge < -0.3 is 35.4 Å². The van der Waals surface area contributed by atoms with Crippen LogP contribution in [0.25, 0.3) is 0 Å². The molecule has 1 aromatic carbocycles. The first-order valence-electron chi connectivity index (χ1n) is 12.2. The maximum Gasteiger partial charge on any atom is 0.227 e. The lowest BCUT2D eigenvalue weighted by atomic mass is 10.1. The summed E-state index contributed by atoms with van der Waals surface area (Å²) in [5, 5.41) is 3.30. The number of anilines is 3. The van der Waals surface area contributed by atoms with Gasteiger partial charge in [-0.15, -0.1) is 0 Å². The van der Waals surface area contributed by atoms with E-state index in [9.17, 15) is 0 Å². The van der Waals surface area contributed by atoms with E-state index in [0.29, 0.717) is 50.2 Å². The van der Waals surface area contributed by atoms with E-state index in [0.717, 1.165) is 51.4 Å². The number of rotatable bonds is 5. The van der Waals surface area contributed by atoms with Gasteiger partial charge >= 0.3 is 0 Å². The van der Waals surface area contributed by atoms with Crippen molar-refractivity contribution in [1.29, 1.82) is 0 Å². The number of hydrogen-bond donors (Lipinski definition) is 2. The van der Waals surface area contributed by atoms with E-state index in [1.165, 1.54) is 5.69 Å². The van der Waals surface area contributed by atoms with Crippen LogP contribution < -0.4 is 25.8 Å². The van der Waals surface area contributed by atoms with Crippen LogP contribution in [0.5, 0.6) is 0 Å². The fourth-order valence-corrected chi connectivity index (χ4v) is 4.77. The van der Waals surface area contributed by atoms with Crippen LogP contribution in [-0.2, 0) is 11.3 Å². The van der Waals surface area contributed by atoms with E-state index in [4.69, 9.17) is 15.5 Å². The zero-order chi connectivity index (χ0) is 23.5. The Bertz CT molecular complexity index is 952. The van der Waals surface area contributed by atoms with E-state index in [2.05, 4.69) is 61.2 Å². The Morgan fingerprint density at radius 3 is 2.29 bits per heavy atom. The van der Waals surface area contributed by atoms with Gasteiger partial charge in [-0.1, -0.05) is 12.1 Å². The van der Waals surface area contributed by atoms with Crippen LogP contribution >= 0.6 is 0 Å². The van der Waals surface area contributed by atoms with Crippen LogP contribution in [0.4, 0.5) is 21.8 Å². The maximum atomic E-state index is 15.8. The molecule has 3 fully saturated rings. The summed E-state index contributed by atoms with van der Waals surface area (Å²) >= 11 is 0. The summed E-state index contributed by atoms with van der Waals surface area (Å²) in [6.45, 7) is 8.94. The maximum absolute atomic E-state index is 15.8. The molecule has 184 valence electrons. The Kier molecular flexibility index (Phi) is 7.10. The first-order chi connectivity index (χ1) is 16.6. The van der Waals surface area contributed by atoms with E-state index in [1.807, 2.05) is 0 Å². The first kappa shape index (κ1) is 23.2. The number of ether oxygens (including phenoxy) is 1. The van der Waals surface area contributed by atoms with E-state index in [1.54, 1.807) is 0 Å². The van der Waals surface area contributed by atoms with Gasteiger partial charge in [-0.3, -0.25) is 0 Å². The SMILES string of the molecule is CN1CCN(c2nc(C3CNCCO3)c(F)c(N3CCN(c4ccc(CN)cc4)CC3)n2)CC1. The Morgan fingerprint density at radius 2 is 1.65 bits per heavy atom. The van der Waals surface area contributed by atoms with E-state index in [-0.39, 0.29) is 5.82 Å². The first-order valence-corrected chi connectivity index (χ1v) is 12.2. The topological polar surface area (TPSA) is 86.0 Å². The number of nitrogens with two attached hydrogens (primary N) is 1. The Balaban J connectivity index is 1.38. The van der Waals surface area contributed by atoms with Crippen LogP contribution in [-0.4, -0.2) is 94.0 Å². The second-order valence-electron chi connectivity index (χ2n) is 9.24. The molecule has 3 saturated heterocycles. The van der Waals surface area contributed by atoms with Gasteiger partial charge in [-0.05, 0) is 24.7 Å². The summed E-state index contributed by atoms with van der Waals surface area (Å²) in [6, 6.07) is 8.36. The molecule has 3 aliphatic rings. The lowest BCUT2D eigenvalue weighted by Gasteiger charge is -2.38. The number of morpholine rings is 1. The third kappa shape index (κ3) is 4.95. The fourth-order valence-electron chi connectivity index (χ4n) is 4.77. The molecule has 2 aromatic rings. The molecular formula is C24H35FN8O. The molecule has 0 amide bonds. The highest BCUT2D eigenvalue weighted by atomic mass is 19.1. The lowest BCUT2D eigenvalue weighted by Crippen LogP contribution is -2.48. The van der Waals surface area contributed by atoms with Crippen molar-refractivity contribution in [2.24, 2.45) is 5.73 Å². The molecule has 4 heterocycles. The number of halogens is 1. The van der Waals surface area contributed by atoms with Crippen LogP contribution in [0.2, 0.25) is 0 Å². The summed E-state index contributed by atoms with van der Waals surface area (Å²) in [7, 11) is 2.12. The normalized spacial score (nSPS) is 22.3. The van der Waals surface area contributed by atoms with Crippen molar-refractivity contribution in [3.8, 4) is 0 Å². The standard InChI is InChI=1S/C24H35FN8O/c1-30-7-9-33(10-8-30)24-28-22(20-17-27-6-15-34-20)21(25)23(29-24)32-13-11-31(12-14-32)19-4-2-18(16-26)3-5-19/h2-5,20,27H,6-17,26H2,1H3. The predicted molar refractivity (Wildman–Crippen MR) is 132 cm³/mol. The van der Waals surface area contributed by atoms with Crippen molar-refractivity contribution in [2.75, 3.05) is 93.8 Å². The number of likely N-dealkylation sites (N-methyl/N-ethyl adjacent to an activating group) is 1. The molecule has 1 atom stereocenters. The Labute approximate surface area is 200 Å². The number of benzene rings is 1. The smallest absolute Gasteiger partial charge is 0.227 e. The summed E-state index contributed by atoms with van der Waals surface area (Å²) in [5.74, 6) is 0.645. The van der Waals surface area contributed by atoms with Crippen LogP contribution in [0.3, 0.4) is 0 Å². The highest BCUT2D eigenvalue weighted by Crippen LogP contribution is 2.30. The summed E-state index contributed by atoms with van der Waals surface area (Å²) in [5.41, 5.74) is 8.38. The molecule has 9 nitrogen and oxygen atoms in total. The molecule has 0 bridgehead atoms. The van der Waals surface area contributed by atoms with Crippen molar-refractivity contribution in [3.63, 3.8) is 0 Å². The molecule has 5 rings (SSSR count). The molecule has 10 heteroatoms. The molecule has 3 aliphatic heterocycles. The van der Waals surface area contributed by atoms with Crippen LogP contribution in [0.1, 0.15) is 17.4 Å². The third-order valence-corrected chi connectivity index (χ3v) is 6.98. The number of nitrogens with one attached hydrogen (secondary N) is 1.